The fourth-order valence-electron chi connectivity index (χ4n) is 4.20. The maximum absolute atomic E-state index is 13.7. The second kappa shape index (κ2) is 8.36. The Kier molecular flexibility index (Phi) is 5.42. The number of nitrogen functional groups attached to an aromatic ring is 1. The maximum atomic E-state index is 13.7. The molecule has 5 rings (SSSR count). The zero-order valence-corrected chi connectivity index (χ0v) is 19.3. The van der Waals surface area contributed by atoms with E-state index in [-0.39, 0.29) is 24.3 Å². The number of anilines is 1. The third-order valence-electron chi connectivity index (χ3n) is 6.14. The molecule has 4 heterocycles. The molecule has 1 fully saturated rings. The average Bonchev–Trinajstić information content (AvgIpc) is 3.39. The van der Waals surface area contributed by atoms with Gasteiger partial charge < -0.3 is 10.6 Å². The number of fused-ring (bicyclic) bond motifs is 3. The number of likely N-dealkylation sites (N-methyl/N-ethyl adjacent to an activating group) is 1. The van der Waals surface area contributed by atoms with Crippen molar-refractivity contribution in [2.75, 3.05) is 25.9 Å². The lowest BCUT2D eigenvalue weighted by Gasteiger charge is -2.31. The van der Waals surface area contributed by atoms with Gasteiger partial charge in [-0.25, -0.2) is 19.8 Å². The van der Waals surface area contributed by atoms with Gasteiger partial charge >= 0.3 is 12.2 Å². The molecule has 1 saturated heterocycles. The summed E-state index contributed by atoms with van der Waals surface area (Å²) in [6.45, 7) is 0.425. The second-order valence-corrected chi connectivity index (χ2v) is 8.49. The van der Waals surface area contributed by atoms with Crippen molar-refractivity contribution in [3.8, 4) is 0 Å². The highest BCUT2D eigenvalue weighted by Gasteiger charge is 2.35. The van der Waals surface area contributed by atoms with Gasteiger partial charge in [-0.2, -0.15) is 18.3 Å². The second-order valence-electron chi connectivity index (χ2n) is 8.49. The molecule has 1 aromatic carbocycles. The van der Waals surface area contributed by atoms with Gasteiger partial charge in [0, 0.05) is 37.8 Å². The molecule has 10 nitrogen and oxygen atoms in total. The molecule has 186 valence electrons. The zero-order chi connectivity index (χ0) is 25.8. The fraction of sp³-hybridized carbons (Fsp3) is 0.261. The number of hydrazine groups is 1. The lowest BCUT2D eigenvalue weighted by atomic mass is 10.1. The maximum Gasteiger partial charge on any atom is 0.417 e. The van der Waals surface area contributed by atoms with Crippen LogP contribution in [0.25, 0.3) is 21.8 Å². The number of benzene rings is 1. The van der Waals surface area contributed by atoms with Gasteiger partial charge in [0.2, 0.25) is 0 Å². The zero-order valence-electron chi connectivity index (χ0n) is 19.3. The summed E-state index contributed by atoms with van der Waals surface area (Å²) < 4.78 is 40.5. The Hall–Kier alpha value is -4.42. The minimum absolute atomic E-state index is 0.197. The predicted molar refractivity (Wildman–Crippen MR) is 124 cm³/mol. The number of nitrogens with zero attached hydrogens (tertiary/aromatic N) is 7. The van der Waals surface area contributed by atoms with Gasteiger partial charge in [-0.15, -0.1) is 0 Å². The Labute approximate surface area is 202 Å². The smallest absolute Gasteiger partial charge is 0.383 e. The molecular formula is C23H21F3N8O2. The Morgan fingerprint density at radius 1 is 1.11 bits per heavy atom. The van der Waals surface area contributed by atoms with Crippen molar-refractivity contribution < 1.29 is 22.8 Å². The number of hydrogen-bond donors (Lipinski definition) is 1. The van der Waals surface area contributed by atoms with Gasteiger partial charge in [0.25, 0.3) is 5.91 Å². The molecule has 1 aliphatic heterocycles. The number of urea groups is 1. The molecule has 0 spiro atoms. The number of alkyl halides is 3. The number of aryl methyl sites for hydroxylation is 1. The first kappa shape index (κ1) is 23.3. The van der Waals surface area contributed by atoms with Crippen molar-refractivity contribution in [2.24, 2.45) is 7.05 Å². The molecule has 0 radical (unpaired) electrons. The SMILES string of the molecule is CN1CCN(N(Cc2ccc(C(F)(F)F)cn2)C(=O)c2ccc3nc(N)c4cnn(C)c4c3c2)C1=O. The summed E-state index contributed by atoms with van der Waals surface area (Å²) in [4.78, 5) is 36.2. The first-order chi connectivity index (χ1) is 17.0. The van der Waals surface area contributed by atoms with Gasteiger partial charge in [-0.05, 0) is 30.3 Å². The number of carbonyl (C=O) groups is 2. The quantitative estimate of drug-likeness (QED) is 0.463. The number of nitrogens with two attached hydrogens (primary N) is 1. The topological polar surface area (TPSA) is 113 Å². The number of rotatable bonds is 4. The van der Waals surface area contributed by atoms with Crippen LogP contribution in [0.15, 0.2) is 42.7 Å². The Bertz CT molecular complexity index is 1500. The molecular weight excluding hydrogens is 477 g/mol. The van der Waals surface area contributed by atoms with E-state index in [4.69, 9.17) is 5.73 Å². The van der Waals surface area contributed by atoms with E-state index < -0.39 is 23.7 Å². The van der Waals surface area contributed by atoms with E-state index >= 15 is 0 Å². The Morgan fingerprint density at radius 3 is 2.53 bits per heavy atom. The highest BCUT2D eigenvalue weighted by Crippen LogP contribution is 2.30. The van der Waals surface area contributed by atoms with E-state index in [0.29, 0.717) is 40.4 Å². The van der Waals surface area contributed by atoms with Crippen molar-refractivity contribution in [1.82, 2.24) is 34.7 Å². The van der Waals surface area contributed by atoms with Crippen LogP contribution in [0.4, 0.5) is 23.8 Å². The normalized spacial score (nSPS) is 14.3. The summed E-state index contributed by atoms with van der Waals surface area (Å²) in [5, 5.41) is 7.98. The molecule has 2 N–H and O–H groups in total. The summed E-state index contributed by atoms with van der Waals surface area (Å²) in [5.41, 5.74) is 6.86. The van der Waals surface area contributed by atoms with Crippen molar-refractivity contribution in [1.29, 1.82) is 0 Å². The van der Waals surface area contributed by atoms with Crippen LogP contribution in [-0.2, 0) is 19.8 Å². The monoisotopic (exact) mass is 498 g/mol. The fourth-order valence-corrected chi connectivity index (χ4v) is 4.20. The summed E-state index contributed by atoms with van der Waals surface area (Å²) in [7, 11) is 3.35. The number of carbonyl (C=O) groups excluding carboxylic acids is 2. The molecule has 36 heavy (non-hydrogen) atoms. The van der Waals surface area contributed by atoms with Crippen LogP contribution >= 0.6 is 0 Å². The van der Waals surface area contributed by atoms with E-state index in [0.717, 1.165) is 6.07 Å². The number of pyridine rings is 2. The number of amides is 3. The minimum Gasteiger partial charge on any atom is -0.383 e. The minimum atomic E-state index is -4.53. The molecule has 0 aliphatic carbocycles. The van der Waals surface area contributed by atoms with Gasteiger partial charge in [-0.3, -0.25) is 14.5 Å². The molecule has 13 heteroatoms. The molecule has 0 unspecified atom stereocenters. The average molecular weight is 498 g/mol. The number of halogens is 3. The highest BCUT2D eigenvalue weighted by molar-refractivity contribution is 6.10. The van der Waals surface area contributed by atoms with Crippen molar-refractivity contribution in [2.45, 2.75) is 12.7 Å². The van der Waals surface area contributed by atoms with Gasteiger partial charge in [0.05, 0.1) is 47.0 Å². The van der Waals surface area contributed by atoms with Crippen molar-refractivity contribution >= 4 is 39.6 Å². The van der Waals surface area contributed by atoms with Crippen LogP contribution in [0.1, 0.15) is 21.6 Å². The molecule has 3 amide bonds. The van der Waals surface area contributed by atoms with E-state index in [1.807, 2.05) is 0 Å². The predicted octanol–water partition coefficient (Wildman–Crippen LogP) is 3.04. The third-order valence-corrected chi connectivity index (χ3v) is 6.14. The molecule has 0 bridgehead atoms. The van der Waals surface area contributed by atoms with Gasteiger partial charge in [0.1, 0.15) is 5.82 Å². The molecule has 4 aromatic rings. The molecule has 0 atom stereocenters. The first-order valence-corrected chi connectivity index (χ1v) is 10.9. The van der Waals surface area contributed by atoms with E-state index in [2.05, 4.69) is 15.1 Å². The van der Waals surface area contributed by atoms with Gasteiger partial charge in [0.15, 0.2) is 0 Å². The first-order valence-electron chi connectivity index (χ1n) is 10.9. The van der Waals surface area contributed by atoms with E-state index in [1.165, 1.54) is 21.0 Å². The Morgan fingerprint density at radius 2 is 1.89 bits per heavy atom. The van der Waals surface area contributed by atoms with Crippen LogP contribution < -0.4 is 5.73 Å². The highest BCUT2D eigenvalue weighted by atomic mass is 19.4. The van der Waals surface area contributed by atoms with E-state index in [1.54, 1.807) is 43.2 Å². The van der Waals surface area contributed by atoms with Gasteiger partial charge in [-0.1, -0.05) is 0 Å². The number of hydrogen-bond acceptors (Lipinski definition) is 6. The van der Waals surface area contributed by atoms with Crippen molar-refractivity contribution in [3.63, 3.8) is 0 Å². The lowest BCUT2D eigenvalue weighted by molar-refractivity contribution is -0.137. The summed E-state index contributed by atoms with van der Waals surface area (Å²) in [6, 6.07) is 6.55. The molecule has 1 aliphatic rings. The number of aromatic nitrogens is 4. The largest absolute Gasteiger partial charge is 0.417 e. The summed E-state index contributed by atoms with van der Waals surface area (Å²) in [5.74, 6) is -0.209. The standard InChI is InChI=1S/C23H21F3N8O2/c1-31-7-8-33(22(31)36)34(12-15-5-4-14(10-28-15)23(24,25)26)21(35)13-3-6-18-16(9-13)19-17(20(27)30-18)11-29-32(19)2/h3-6,9-11H,7-8,12H2,1-2H3,(H2,27,30). The van der Waals surface area contributed by atoms with Crippen molar-refractivity contribution in [3.05, 3.63) is 59.5 Å². The van der Waals surface area contributed by atoms with Crippen LogP contribution in [0, 0.1) is 0 Å². The van der Waals surface area contributed by atoms with Crippen LogP contribution in [-0.4, -0.2) is 66.7 Å². The summed E-state index contributed by atoms with van der Waals surface area (Å²) in [6.07, 6.45) is -2.23. The third kappa shape index (κ3) is 3.91. The van der Waals surface area contributed by atoms with Crippen LogP contribution in [0.3, 0.4) is 0 Å². The van der Waals surface area contributed by atoms with E-state index in [9.17, 15) is 22.8 Å². The van der Waals surface area contributed by atoms with Crippen LogP contribution in [0.2, 0.25) is 0 Å². The van der Waals surface area contributed by atoms with Crippen LogP contribution in [0.5, 0.6) is 0 Å². The molecule has 0 saturated carbocycles. The Balaban J connectivity index is 1.55. The molecule has 3 aromatic heterocycles. The lowest BCUT2D eigenvalue weighted by Crippen LogP contribution is -2.48. The summed E-state index contributed by atoms with van der Waals surface area (Å²) >= 11 is 0.